The van der Waals surface area contributed by atoms with Crippen LogP contribution in [0, 0.1) is 0 Å². The molecule has 1 aliphatic carbocycles. The van der Waals surface area contributed by atoms with Crippen LogP contribution >= 0.6 is 0 Å². The number of hydrogen-bond donors (Lipinski definition) is 3. The molecule has 4 aromatic rings. The average molecular weight is 592 g/mol. The predicted molar refractivity (Wildman–Crippen MR) is 162 cm³/mol. The second-order valence-corrected chi connectivity index (χ2v) is 11.5. The van der Waals surface area contributed by atoms with Gasteiger partial charge in [0.05, 0.1) is 29.1 Å². The fraction of sp³-hybridized carbons (Fsp3) is 0.258. The number of carbonyl (C=O) groups is 2. The zero-order valence-electron chi connectivity index (χ0n) is 23.9. The van der Waals surface area contributed by atoms with Gasteiger partial charge in [0.15, 0.2) is 5.78 Å². The van der Waals surface area contributed by atoms with Gasteiger partial charge in [0.2, 0.25) is 0 Å². The maximum absolute atomic E-state index is 14.0. The number of carbonyl (C=O) groups excluding carboxylic acids is 2. The fourth-order valence-electron chi connectivity index (χ4n) is 5.58. The van der Waals surface area contributed by atoms with Crippen molar-refractivity contribution in [1.29, 1.82) is 0 Å². The summed E-state index contributed by atoms with van der Waals surface area (Å²) in [6, 6.07) is 14.7. The van der Waals surface area contributed by atoms with Crippen LogP contribution < -0.4 is 17.0 Å². The first kappa shape index (κ1) is 30.6. The second kappa shape index (κ2) is 11.5. The molecule has 3 aromatic carbocycles. The van der Waals surface area contributed by atoms with Crippen molar-refractivity contribution in [3.05, 3.63) is 87.2 Å². The van der Waals surface area contributed by atoms with E-state index in [1.165, 1.54) is 17.7 Å². The summed E-state index contributed by atoms with van der Waals surface area (Å²) in [7, 11) is -3.12. The lowest BCUT2D eigenvalue weighted by molar-refractivity contribution is 0.0524. The van der Waals surface area contributed by atoms with Crippen molar-refractivity contribution in [2.75, 3.05) is 11.9 Å². The highest BCUT2D eigenvalue weighted by Gasteiger charge is 2.34. The third-order valence-corrected chi connectivity index (χ3v) is 8.45. The molecule has 1 atom stereocenters. The summed E-state index contributed by atoms with van der Waals surface area (Å²) >= 11 is 0. The van der Waals surface area contributed by atoms with E-state index >= 15 is 0 Å². The number of anilines is 2. The molecule has 5 rings (SSSR count). The third-order valence-electron chi connectivity index (χ3n) is 7.55. The number of fused-ring (bicyclic) bond motifs is 2. The predicted octanol–water partition coefficient (Wildman–Crippen LogP) is 5.98. The zero-order valence-corrected chi connectivity index (χ0v) is 24.7. The van der Waals surface area contributed by atoms with E-state index in [2.05, 4.69) is 5.32 Å². The Labute approximate surface area is 243 Å². The summed E-state index contributed by atoms with van der Waals surface area (Å²) in [5, 5.41) is 3.42. The Morgan fingerprint density at radius 3 is 2.31 bits per heavy atom. The number of benzene rings is 3. The van der Waals surface area contributed by atoms with Crippen molar-refractivity contribution < 1.29 is 27.3 Å². The Kier molecular flexibility index (Phi) is 8.40. The van der Waals surface area contributed by atoms with Gasteiger partial charge >= 0.3 is 5.97 Å². The molecular weight excluding hydrogens is 558 g/mol. The van der Waals surface area contributed by atoms with Gasteiger partial charge in [-0.2, -0.15) is 8.42 Å². The minimum absolute atomic E-state index is 0. The van der Waals surface area contributed by atoms with Gasteiger partial charge in [0, 0.05) is 23.6 Å². The van der Waals surface area contributed by atoms with E-state index in [1.54, 1.807) is 55.5 Å². The van der Waals surface area contributed by atoms with Gasteiger partial charge in [-0.05, 0) is 54.7 Å². The van der Waals surface area contributed by atoms with Crippen LogP contribution in [0.25, 0.3) is 22.0 Å². The quantitative estimate of drug-likeness (QED) is 0.145. The minimum atomic E-state index is -4.63. The van der Waals surface area contributed by atoms with Gasteiger partial charge in [-0.25, -0.2) is 4.79 Å². The maximum Gasteiger partial charge on any atom is 0.344 e. The number of aryl methyl sites for hydroxylation is 1. The van der Waals surface area contributed by atoms with E-state index in [0.29, 0.717) is 16.5 Å². The molecule has 10 nitrogen and oxygen atoms in total. The number of aromatic nitrogens is 1. The highest BCUT2D eigenvalue weighted by Crippen LogP contribution is 2.44. The van der Waals surface area contributed by atoms with Crippen molar-refractivity contribution >= 4 is 44.1 Å². The topological polar surface area (TPSA) is 167 Å². The molecular formula is C31H33N3O7S. The highest BCUT2D eigenvalue weighted by molar-refractivity contribution is 7.86. The summed E-state index contributed by atoms with van der Waals surface area (Å²) in [6.45, 7) is 5.71. The van der Waals surface area contributed by atoms with Crippen molar-refractivity contribution in [3.63, 3.8) is 0 Å². The molecule has 0 bridgehead atoms. The smallest absolute Gasteiger partial charge is 0.344 e. The summed E-state index contributed by atoms with van der Waals surface area (Å²) in [5.41, 5.74) is 1.93. The summed E-state index contributed by atoms with van der Waals surface area (Å²) in [5.74, 6) is -1.10. The molecule has 0 radical (unpaired) electrons. The monoisotopic (exact) mass is 591 g/mol. The molecule has 0 spiro atoms. The standard InChI is InChI=1S/C31H30N2O7S.H3N/c1-5-9-17(3)18-12-13-21(24(16-18)41(37,38)39)32-22-14-15-23-27-25(28(30(35)33(23)4)31(36)40-6-2)19-10-7-8-11-20(19)29(34)26(22)27;/h7-8,10-17,32H,5-6,9H2,1-4H3,(H,37,38,39);1H3. The lowest BCUT2D eigenvalue weighted by Crippen LogP contribution is -2.29. The SMILES string of the molecule is CCCC(C)c1ccc(Nc2ccc3c4c2C(=O)c2ccccc2-c4c(C(=O)OCC)c(=O)n3C)c(S(=O)(=O)O)c1.N. The Balaban J connectivity index is 0.00000405. The van der Waals surface area contributed by atoms with Crippen LogP contribution in [-0.2, 0) is 21.9 Å². The number of esters is 1. The Bertz CT molecular complexity index is 1910. The number of ether oxygens (including phenoxy) is 1. The van der Waals surface area contributed by atoms with Gasteiger partial charge in [0.25, 0.3) is 15.7 Å². The Morgan fingerprint density at radius 2 is 1.67 bits per heavy atom. The van der Waals surface area contributed by atoms with Crippen LogP contribution in [0.4, 0.5) is 11.4 Å². The molecule has 1 heterocycles. The summed E-state index contributed by atoms with van der Waals surface area (Å²) in [6.07, 6.45) is 1.75. The zero-order chi connectivity index (χ0) is 29.6. The maximum atomic E-state index is 14.0. The van der Waals surface area contributed by atoms with Crippen molar-refractivity contribution in [1.82, 2.24) is 10.7 Å². The van der Waals surface area contributed by atoms with Gasteiger partial charge in [-0.1, -0.05) is 50.6 Å². The lowest BCUT2D eigenvalue weighted by Gasteiger charge is -2.25. The van der Waals surface area contributed by atoms with Crippen molar-refractivity contribution in [2.45, 2.75) is 44.4 Å². The van der Waals surface area contributed by atoms with Crippen LogP contribution in [0.2, 0.25) is 0 Å². The second-order valence-electron chi connectivity index (χ2n) is 10.1. The minimum Gasteiger partial charge on any atom is -0.462 e. The summed E-state index contributed by atoms with van der Waals surface area (Å²) in [4.78, 5) is 40.2. The number of rotatable bonds is 8. The molecule has 0 amide bonds. The van der Waals surface area contributed by atoms with Gasteiger partial charge in [-0.3, -0.25) is 14.1 Å². The molecule has 0 fully saturated rings. The van der Waals surface area contributed by atoms with Crippen LogP contribution in [0.5, 0.6) is 0 Å². The number of nitrogens with zero attached hydrogens (tertiary/aromatic N) is 1. The molecule has 0 aliphatic heterocycles. The lowest BCUT2D eigenvalue weighted by atomic mass is 9.81. The van der Waals surface area contributed by atoms with E-state index in [9.17, 15) is 27.4 Å². The molecule has 42 heavy (non-hydrogen) atoms. The molecule has 0 saturated carbocycles. The summed E-state index contributed by atoms with van der Waals surface area (Å²) < 4.78 is 41.6. The largest absolute Gasteiger partial charge is 0.462 e. The van der Waals surface area contributed by atoms with Crippen LogP contribution in [0.15, 0.2) is 64.3 Å². The fourth-order valence-corrected chi connectivity index (χ4v) is 6.26. The van der Waals surface area contributed by atoms with E-state index in [-0.39, 0.29) is 63.0 Å². The van der Waals surface area contributed by atoms with Gasteiger partial charge in [0.1, 0.15) is 10.5 Å². The van der Waals surface area contributed by atoms with E-state index in [4.69, 9.17) is 4.74 Å². The highest BCUT2D eigenvalue weighted by atomic mass is 32.2. The molecule has 0 saturated heterocycles. The first-order valence-corrected chi connectivity index (χ1v) is 14.8. The number of hydrogen-bond acceptors (Lipinski definition) is 8. The average Bonchev–Trinajstić information content (AvgIpc) is 2.93. The first-order valence-electron chi connectivity index (χ1n) is 13.4. The van der Waals surface area contributed by atoms with E-state index < -0.39 is 21.6 Å². The third kappa shape index (κ3) is 5.00. The first-order chi connectivity index (χ1) is 19.5. The number of pyridine rings is 1. The number of ketones is 1. The molecule has 11 heteroatoms. The molecule has 220 valence electrons. The van der Waals surface area contributed by atoms with Crippen LogP contribution in [0.3, 0.4) is 0 Å². The Hall–Kier alpha value is -4.32. The van der Waals surface area contributed by atoms with Crippen LogP contribution in [0.1, 0.15) is 71.4 Å². The van der Waals surface area contributed by atoms with Crippen molar-refractivity contribution in [2.24, 2.45) is 7.05 Å². The van der Waals surface area contributed by atoms with E-state index in [0.717, 1.165) is 18.4 Å². The van der Waals surface area contributed by atoms with Gasteiger partial charge in [-0.15, -0.1) is 0 Å². The van der Waals surface area contributed by atoms with E-state index in [1.807, 2.05) is 13.8 Å². The van der Waals surface area contributed by atoms with Gasteiger partial charge < -0.3 is 20.8 Å². The Morgan fingerprint density at radius 1 is 1.00 bits per heavy atom. The molecule has 1 unspecified atom stereocenters. The molecule has 5 N–H and O–H groups in total. The number of nitrogens with one attached hydrogen (secondary N) is 1. The molecule has 1 aromatic heterocycles. The van der Waals surface area contributed by atoms with Crippen LogP contribution in [-0.4, -0.2) is 35.9 Å². The molecule has 1 aliphatic rings. The normalized spacial score (nSPS) is 12.8. The van der Waals surface area contributed by atoms with Crippen molar-refractivity contribution in [3.8, 4) is 11.1 Å².